The van der Waals surface area contributed by atoms with Crippen LogP contribution in [0.5, 0.6) is 5.75 Å². The minimum Gasteiger partial charge on any atom is -0.489 e. The van der Waals surface area contributed by atoms with Crippen LogP contribution in [-0.4, -0.2) is 4.98 Å². The Balaban J connectivity index is 1.94. The number of benzene rings is 1. The van der Waals surface area contributed by atoms with E-state index in [1.807, 2.05) is 36.4 Å². The Kier molecular flexibility index (Phi) is 3.51. The Morgan fingerprint density at radius 3 is 2.50 bits per heavy atom. The van der Waals surface area contributed by atoms with Crippen molar-refractivity contribution in [3.63, 3.8) is 0 Å². The third kappa shape index (κ3) is 2.81. The Morgan fingerprint density at radius 2 is 1.88 bits per heavy atom. The van der Waals surface area contributed by atoms with Crippen LogP contribution in [0.2, 0.25) is 0 Å². The number of rotatable bonds is 4. The standard InChI is InChI=1S/C13H14N2O/c14-8-11-3-5-13(6-4-11)16-10-12-2-1-7-15-9-12/h1-7,9H,8,10,14H2. The zero-order valence-electron chi connectivity index (χ0n) is 8.97. The Labute approximate surface area is 94.9 Å². The number of hydrogen-bond acceptors (Lipinski definition) is 3. The van der Waals surface area contributed by atoms with Gasteiger partial charge in [-0.3, -0.25) is 4.98 Å². The summed E-state index contributed by atoms with van der Waals surface area (Å²) in [5, 5.41) is 0. The number of nitrogens with zero attached hydrogens (tertiary/aromatic N) is 1. The molecule has 0 spiro atoms. The van der Waals surface area contributed by atoms with Gasteiger partial charge in [-0.05, 0) is 23.8 Å². The summed E-state index contributed by atoms with van der Waals surface area (Å²) in [6.45, 7) is 1.10. The van der Waals surface area contributed by atoms with E-state index >= 15 is 0 Å². The Morgan fingerprint density at radius 1 is 1.06 bits per heavy atom. The molecule has 82 valence electrons. The van der Waals surface area contributed by atoms with Crippen LogP contribution >= 0.6 is 0 Å². The van der Waals surface area contributed by atoms with Crippen molar-refractivity contribution in [3.8, 4) is 5.75 Å². The van der Waals surface area contributed by atoms with Gasteiger partial charge in [0.1, 0.15) is 12.4 Å². The van der Waals surface area contributed by atoms with Gasteiger partial charge in [0, 0.05) is 24.5 Å². The second-order valence-electron chi connectivity index (χ2n) is 3.50. The van der Waals surface area contributed by atoms with Gasteiger partial charge in [-0.1, -0.05) is 18.2 Å². The lowest BCUT2D eigenvalue weighted by molar-refractivity contribution is 0.305. The average Bonchev–Trinajstić information content (AvgIpc) is 2.38. The lowest BCUT2D eigenvalue weighted by Crippen LogP contribution is -1.98. The zero-order chi connectivity index (χ0) is 11.2. The van der Waals surface area contributed by atoms with Gasteiger partial charge in [-0.15, -0.1) is 0 Å². The highest BCUT2D eigenvalue weighted by Crippen LogP contribution is 2.13. The highest BCUT2D eigenvalue weighted by Gasteiger charge is 1.95. The summed E-state index contributed by atoms with van der Waals surface area (Å²) in [5.41, 5.74) is 7.68. The van der Waals surface area contributed by atoms with E-state index in [1.54, 1.807) is 12.4 Å². The molecule has 0 saturated heterocycles. The van der Waals surface area contributed by atoms with Crippen molar-refractivity contribution >= 4 is 0 Å². The van der Waals surface area contributed by atoms with Gasteiger partial charge in [-0.2, -0.15) is 0 Å². The van der Waals surface area contributed by atoms with Gasteiger partial charge >= 0.3 is 0 Å². The quantitative estimate of drug-likeness (QED) is 0.848. The largest absolute Gasteiger partial charge is 0.489 e. The first-order chi connectivity index (χ1) is 7.88. The third-order valence-electron chi connectivity index (χ3n) is 2.29. The molecule has 1 aromatic carbocycles. The molecular weight excluding hydrogens is 200 g/mol. The molecule has 0 radical (unpaired) electrons. The summed E-state index contributed by atoms with van der Waals surface area (Å²) in [6.07, 6.45) is 3.55. The first kappa shape index (κ1) is 10.6. The topological polar surface area (TPSA) is 48.1 Å². The molecule has 1 heterocycles. The normalized spacial score (nSPS) is 10.1. The summed E-state index contributed by atoms with van der Waals surface area (Å²) in [4.78, 5) is 4.03. The fraction of sp³-hybridized carbons (Fsp3) is 0.154. The van der Waals surface area contributed by atoms with Crippen LogP contribution in [0.3, 0.4) is 0 Å². The molecular formula is C13H14N2O. The Bertz CT molecular complexity index is 425. The Hall–Kier alpha value is -1.87. The van der Waals surface area contributed by atoms with E-state index in [0.29, 0.717) is 13.2 Å². The van der Waals surface area contributed by atoms with Crippen LogP contribution in [0.4, 0.5) is 0 Å². The second-order valence-corrected chi connectivity index (χ2v) is 3.50. The van der Waals surface area contributed by atoms with E-state index in [-0.39, 0.29) is 0 Å². The fourth-order valence-corrected chi connectivity index (χ4v) is 1.37. The predicted octanol–water partition coefficient (Wildman–Crippen LogP) is 2.12. The number of hydrogen-bond donors (Lipinski definition) is 1. The maximum atomic E-state index is 5.61. The molecule has 16 heavy (non-hydrogen) atoms. The highest BCUT2D eigenvalue weighted by molar-refractivity contribution is 5.27. The fourth-order valence-electron chi connectivity index (χ4n) is 1.37. The molecule has 2 N–H and O–H groups in total. The average molecular weight is 214 g/mol. The summed E-state index contributed by atoms with van der Waals surface area (Å²) >= 11 is 0. The lowest BCUT2D eigenvalue weighted by atomic mass is 10.2. The number of nitrogens with two attached hydrogens (primary N) is 1. The van der Waals surface area contributed by atoms with Gasteiger partial charge in [0.25, 0.3) is 0 Å². The molecule has 3 nitrogen and oxygen atoms in total. The van der Waals surface area contributed by atoms with Gasteiger partial charge in [0.15, 0.2) is 0 Å². The molecule has 0 aliphatic heterocycles. The monoisotopic (exact) mass is 214 g/mol. The maximum Gasteiger partial charge on any atom is 0.119 e. The molecule has 0 bridgehead atoms. The van der Waals surface area contributed by atoms with Gasteiger partial charge in [-0.25, -0.2) is 0 Å². The third-order valence-corrected chi connectivity index (χ3v) is 2.29. The summed E-state index contributed by atoms with van der Waals surface area (Å²) in [7, 11) is 0. The van der Waals surface area contributed by atoms with Crippen LogP contribution in [-0.2, 0) is 13.2 Å². The van der Waals surface area contributed by atoms with Crippen molar-refractivity contribution in [1.82, 2.24) is 4.98 Å². The van der Waals surface area contributed by atoms with E-state index in [2.05, 4.69) is 4.98 Å². The molecule has 0 fully saturated rings. The minimum atomic E-state index is 0.538. The number of pyridine rings is 1. The second kappa shape index (κ2) is 5.28. The van der Waals surface area contributed by atoms with Gasteiger partial charge in [0.05, 0.1) is 0 Å². The van der Waals surface area contributed by atoms with Crippen molar-refractivity contribution in [2.45, 2.75) is 13.2 Å². The van der Waals surface area contributed by atoms with E-state index in [0.717, 1.165) is 16.9 Å². The molecule has 1 aromatic heterocycles. The van der Waals surface area contributed by atoms with Crippen molar-refractivity contribution in [1.29, 1.82) is 0 Å². The van der Waals surface area contributed by atoms with E-state index in [4.69, 9.17) is 10.5 Å². The zero-order valence-corrected chi connectivity index (χ0v) is 8.97. The first-order valence-electron chi connectivity index (χ1n) is 5.19. The van der Waals surface area contributed by atoms with Crippen molar-refractivity contribution in [2.75, 3.05) is 0 Å². The maximum absolute atomic E-state index is 5.61. The van der Waals surface area contributed by atoms with Gasteiger partial charge in [0.2, 0.25) is 0 Å². The molecule has 0 aliphatic rings. The van der Waals surface area contributed by atoms with E-state index < -0.39 is 0 Å². The lowest BCUT2D eigenvalue weighted by Gasteiger charge is -2.06. The molecule has 2 aromatic rings. The molecule has 0 atom stereocenters. The summed E-state index contributed by atoms with van der Waals surface area (Å²) < 4.78 is 5.61. The number of ether oxygens (including phenoxy) is 1. The SMILES string of the molecule is NCc1ccc(OCc2cccnc2)cc1. The van der Waals surface area contributed by atoms with Crippen molar-refractivity contribution < 1.29 is 4.74 Å². The van der Waals surface area contributed by atoms with Crippen LogP contribution in [0.25, 0.3) is 0 Å². The van der Waals surface area contributed by atoms with Crippen LogP contribution in [0.15, 0.2) is 48.8 Å². The van der Waals surface area contributed by atoms with Gasteiger partial charge < -0.3 is 10.5 Å². The minimum absolute atomic E-state index is 0.538. The summed E-state index contributed by atoms with van der Waals surface area (Å²) in [5.74, 6) is 0.848. The van der Waals surface area contributed by atoms with Crippen molar-refractivity contribution in [2.24, 2.45) is 5.73 Å². The molecule has 0 aliphatic carbocycles. The van der Waals surface area contributed by atoms with Crippen molar-refractivity contribution in [3.05, 3.63) is 59.9 Å². The molecule has 0 amide bonds. The van der Waals surface area contributed by atoms with Crippen LogP contribution < -0.4 is 10.5 Å². The van der Waals surface area contributed by atoms with E-state index in [9.17, 15) is 0 Å². The number of aromatic nitrogens is 1. The smallest absolute Gasteiger partial charge is 0.119 e. The molecule has 0 saturated carbocycles. The van der Waals surface area contributed by atoms with Crippen LogP contribution in [0.1, 0.15) is 11.1 Å². The van der Waals surface area contributed by atoms with E-state index in [1.165, 1.54) is 0 Å². The molecule has 3 heteroatoms. The highest BCUT2D eigenvalue weighted by atomic mass is 16.5. The van der Waals surface area contributed by atoms with Crippen LogP contribution in [0, 0.1) is 0 Å². The first-order valence-corrected chi connectivity index (χ1v) is 5.19. The molecule has 0 unspecified atom stereocenters. The summed E-state index contributed by atoms with van der Waals surface area (Å²) in [6, 6.07) is 11.7. The molecule has 2 rings (SSSR count). The predicted molar refractivity (Wildman–Crippen MR) is 62.9 cm³/mol.